The van der Waals surface area contributed by atoms with E-state index in [2.05, 4.69) is 5.32 Å². The van der Waals surface area contributed by atoms with E-state index in [4.69, 9.17) is 32.7 Å². The van der Waals surface area contributed by atoms with Gasteiger partial charge in [-0.2, -0.15) is 0 Å². The zero-order valence-electron chi connectivity index (χ0n) is 21.9. The number of benzene rings is 3. The van der Waals surface area contributed by atoms with Crippen molar-refractivity contribution in [3.63, 3.8) is 0 Å². The van der Waals surface area contributed by atoms with Crippen molar-refractivity contribution in [2.24, 2.45) is 0 Å². The van der Waals surface area contributed by atoms with E-state index in [0.717, 1.165) is 4.31 Å². The van der Waals surface area contributed by atoms with Gasteiger partial charge in [-0.1, -0.05) is 41.4 Å². The Kier molecular flexibility index (Phi) is 10.1. The van der Waals surface area contributed by atoms with E-state index in [1.54, 1.807) is 36.4 Å². The molecule has 0 aromatic heterocycles. The molecule has 12 heteroatoms. The number of sulfonamides is 1. The van der Waals surface area contributed by atoms with Crippen molar-refractivity contribution in [3.05, 3.63) is 82.3 Å². The van der Waals surface area contributed by atoms with Crippen LogP contribution in [0.15, 0.2) is 71.6 Å². The maximum absolute atomic E-state index is 13.9. The number of anilines is 1. The van der Waals surface area contributed by atoms with Gasteiger partial charge in [0.05, 0.1) is 24.8 Å². The van der Waals surface area contributed by atoms with E-state index in [1.165, 1.54) is 63.4 Å². The fourth-order valence-corrected chi connectivity index (χ4v) is 5.81. The number of methoxy groups -OCH3 is 2. The first-order chi connectivity index (χ1) is 18.5. The summed E-state index contributed by atoms with van der Waals surface area (Å²) in [5.41, 5.74) is 0.569. The molecule has 208 valence electrons. The fraction of sp³-hybridized carbons (Fsp3) is 0.259. The number of hydrogen-bond acceptors (Lipinski definition) is 6. The zero-order chi connectivity index (χ0) is 28.7. The monoisotopic (exact) mass is 593 g/mol. The van der Waals surface area contributed by atoms with Crippen molar-refractivity contribution in [3.8, 4) is 11.5 Å². The van der Waals surface area contributed by atoms with Gasteiger partial charge in [0.25, 0.3) is 10.0 Å². The standard InChI is InChI=1S/C27H29Cl2N3O6S/c1-18(27(34)30-2)31(16-21-22(28)8-7-9-23(21)29)26(33)17-32(24-10-5-6-11-25(24)38-4)39(35,36)20-14-12-19(37-3)13-15-20/h5-15,18H,16-17H2,1-4H3,(H,30,34)/t18-/m0/s1. The molecule has 0 radical (unpaired) electrons. The largest absolute Gasteiger partial charge is 0.497 e. The summed E-state index contributed by atoms with van der Waals surface area (Å²) in [6.45, 7) is 0.763. The van der Waals surface area contributed by atoms with Crippen LogP contribution in [0.25, 0.3) is 0 Å². The number of para-hydroxylation sites is 2. The van der Waals surface area contributed by atoms with Gasteiger partial charge in [-0.3, -0.25) is 13.9 Å². The molecule has 1 N–H and O–H groups in total. The summed E-state index contributed by atoms with van der Waals surface area (Å²) in [4.78, 5) is 27.7. The number of likely N-dealkylation sites (N-methyl/N-ethyl adjacent to an activating group) is 1. The van der Waals surface area contributed by atoms with E-state index in [0.29, 0.717) is 21.4 Å². The molecule has 3 aromatic carbocycles. The Bertz CT molecular complexity index is 1410. The third-order valence-electron chi connectivity index (χ3n) is 6.08. The highest BCUT2D eigenvalue weighted by atomic mass is 35.5. The lowest BCUT2D eigenvalue weighted by Gasteiger charge is -2.32. The summed E-state index contributed by atoms with van der Waals surface area (Å²) in [5.74, 6) is -0.406. The fourth-order valence-electron chi connectivity index (χ4n) is 3.87. The first-order valence-electron chi connectivity index (χ1n) is 11.8. The first-order valence-corrected chi connectivity index (χ1v) is 14.0. The summed E-state index contributed by atoms with van der Waals surface area (Å²) < 4.78 is 39.4. The molecule has 9 nitrogen and oxygen atoms in total. The third-order valence-corrected chi connectivity index (χ3v) is 8.57. The molecular weight excluding hydrogens is 565 g/mol. The van der Waals surface area contributed by atoms with Gasteiger partial charge in [-0.15, -0.1) is 0 Å². The summed E-state index contributed by atoms with van der Waals surface area (Å²) in [6, 6.07) is 16.1. The molecule has 1 atom stereocenters. The van der Waals surface area contributed by atoms with Crippen molar-refractivity contribution in [1.82, 2.24) is 10.2 Å². The number of nitrogens with zero attached hydrogens (tertiary/aromatic N) is 2. The molecule has 0 aliphatic rings. The smallest absolute Gasteiger partial charge is 0.264 e. The van der Waals surface area contributed by atoms with Crippen LogP contribution in [0.5, 0.6) is 11.5 Å². The van der Waals surface area contributed by atoms with Crippen LogP contribution in [-0.4, -0.2) is 59.0 Å². The molecule has 0 bridgehead atoms. The lowest BCUT2D eigenvalue weighted by Crippen LogP contribution is -2.50. The normalized spacial score (nSPS) is 11.8. The second kappa shape index (κ2) is 13.1. The zero-order valence-corrected chi connectivity index (χ0v) is 24.2. The summed E-state index contributed by atoms with van der Waals surface area (Å²) in [6.07, 6.45) is 0. The van der Waals surface area contributed by atoms with Gasteiger partial charge in [-0.05, 0) is 55.5 Å². The van der Waals surface area contributed by atoms with Gasteiger partial charge in [0.2, 0.25) is 11.8 Å². The minimum absolute atomic E-state index is 0.0675. The van der Waals surface area contributed by atoms with Crippen molar-refractivity contribution in [2.75, 3.05) is 32.1 Å². The number of carbonyl (C=O) groups is 2. The molecule has 3 rings (SSSR count). The van der Waals surface area contributed by atoms with Crippen LogP contribution >= 0.6 is 23.2 Å². The maximum atomic E-state index is 13.9. The second-order valence-electron chi connectivity index (χ2n) is 8.37. The van der Waals surface area contributed by atoms with Crippen LogP contribution < -0.4 is 19.1 Å². The predicted molar refractivity (Wildman–Crippen MR) is 151 cm³/mol. The lowest BCUT2D eigenvalue weighted by molar-refractivity contribution is -0.139. The average Bonchev–Trinajstić information content (AvgIpc) is 2.94. The Balaban J connectivity index is 2.11. The number of carbonyl (C=O) groups excluding carboxylic acids is 2. The van der Waals surface area contributed by atoms with Crippen LogP contribution in [0.2, 0.25) is 10.0 Å². The molecule has 0 fully saturated rings. The van der Waals surface area contributed by atoms with E-state index in [1.807, 2.05) is 0 Å². The van der Waals surface area contributed by atoms with Crippen LogP contribution in [0, 0.1) is 0 Å². The molecule has 2 amide bonds. The Hall–Kier alpha value is -3.47. The second-order valence-corrected chi connectivity index (χ2v) is 11.0. The van der Waals surface area contributed by atoms with Gasteiger partial charge >= 0.3 is 0 Å². The quantitative estimate of drug-likeness (QED) is 0.354. The van der Waals surface area contributed by atoms with E-state index in [-0.39, 0.29) is 22.9 Å². The molecule has 0 unspecified atom stereocenters. The molecule has 0 saturated carbocycles. The number of ether oxygens (including phenoxy) is 2. The van der Waals surface area contributed by atoms with Gasteiger partial charge in [0.1, 0.15) is 24.1 Å². The molecular formula is C27H29Cl2N3O6S. The molecule has 0 spiro atoms. The van der Waals surface area contributed by atoms with Crippen molar-refractivity contribution >= 4 is 50.7 Å². The Morgan fingerprint density at radius 1 is 0.923 bits per heavy atom. The molecule has 39 heavy (non-hydrogen) atoms. The molecule has 0 aliphatic carbocycles. The predicted octanol–water partition coefficient (Wildman–Crippen LogP) is 4.37. The van der Waals surface area contributed by atoms with Crippen LogP contribution in [-0.2, 0) is 26.2 Å². The molecule has 0 saturated heterocycles. The third kappa shape index (κ3) is 6.76. The van der Waals surface area contributed by atoms with Crippen molar-refractivity contribution in [1.29, 1.82) is 0 Å². The number of rotatable bonds is 11. The SMILES string of the molecule is CNC(=O)[C@H](C)N(Cc1c(Cl)cccc1Cl)C(=O)CN(c1ccccc1OC)S(=O)(=O)c1ccc(OC)cc1. The highest BCUT2D eigenvalue weighted by Crippen LogP contribution is 2.33. The van der Waals surface area contributed by atoms with E-state index >= 15 is 0 Å². The summed E-state index contributed by atoms with van der Waals surface area (Å²) in [5, 5.41) is 3.13. The lowest BCUT2D eigenvalue weighted by atomic mass is 10.1. The molecule has 0 heterocycles. The van der Waals surface area contributed by atoms with Gasteiger partial charge in [0, 0.05) is 29.2 Å². The number of hydrogen-bond donors (Lipinski definition) is 1. The number of nitrogens with one attached hydrogen (secondary N) is 1. The van der Waals surface area contributed by atoms with Gasteiger partial charge in [-0.25, -0.2) is 8.42 Å². The maximum Gasteiger partial charge on any atom is 0.264 e. The van der Waals surface area contributed by atoms with Crippen molar-refractivity contribution < 1.29 is 27.5 Å². The van der Waals surface area contributed by atoms with Crippen LogP contribution in [0.1, 0.15) is 12.5 Å². The first kappa shape index (κ1) is 30.1. The summed E-state index contributed by atoms with van der Waals surface area (Å²) in [7, 11) is 0.0303. The Labute approximate surface area is 238 Å². The van der Waals surface area contributed by atoms with E-state index in [9.17, 15) is 18.0 Å². The Morgan fingerprint density at radius 3 is 2.10 bits per heavy atom. The minimum Gasteiger partial charge on any atom is -0.497 e. The number of halogens is 2. The Morgan fingerprint density at radius 2 is 1.54 bits per heavy atom. The number of amides is 2. The highest BCUT2D eigenvalue weighted by Gasteiger charge is 2.34. The molecule has 3 aromatic rings. The summed E-state index contributed by atoms with van der Waals surface area (Å²) >= 11 is 12.7. The van der Waals surface area contributed by atoms with E-state index < -0.39 is 34.4 Å². The topological polar surface area (TPSA) is 105 Å². The average molecular weight is 595 g/mol. The van der Waals surface area contributed by atoms with Crippen molar-refractivity contribution in [2.45, 2.75) is 24.4 Å². The van der Waals surface area contributed by atoms with Crippen LogP contribution in [0.4, 0.5) is 5.69 Å². The van der Waals surface area contributed by atoms with Gasteiger partial charge in [0.15, 0.2) is 0 Å². The highest BCUT2D eigenvalue weighted by molar-refractivity contribution is 7.92. The van der Waals surface area contributed by atoms with Crippen LogP contribution in [0.3, 0.4) is 0 Å². The minimum atomic E-state index is -4.28. The van der Waals surface area contributed by atoms with Gasteiger partial charge < -0.3 is 19.7 Å². The molecule has 0 aliphatic heterocycles.